The van der Waals surface area contributed by atoms with Gasteiger partial charge >= 0.3 is 5.97 Å². The van der Waals surface area contributed by atoms with Gasteiger partial charge in [0.05, 0.1) is 6.42 Å². The van der Waals surface area contributed by atoms with Crippen LogP contribution in [0.5, 0.6) is 0 Å². The molecule has 0 aliphatic rings. The molecule has 0 saturated heterocycles. The van der Waals surface area contributed by atoms with E-state index in [4.69, 9.17) is 16.6 Å². The van der Waals surface area contributed by atoms with Crippen LogP contribution in [0.3, 0.4) is 0 Å². The smallest absolute Gasteiger partial charge is 0.303 e. The fraction of sp³-hybridized carbons (Fsp3) is 0.500. The molecule has 0 rings (SSSR count). The van der Waals surface area contributed by atoms with Gasteiger partial charge in [0.15, 0.2) is 0 Å². The molecule has 0 aliphatic carbocycles. The van der Waals surface area contributed by atoms with Gasteiger partial charge in [0, 0.05) is 5.71 Å². The van der Waals surface area contributed by atoms with Crippen LogP contribution in [0.4, 0.5) is 0 Å². The fourth-order valence-electron chi connectivity index (χ4n) is 0.481. The van der Waals surface area contributed by atoms with Gasteiger partial charge in [-0.1, -0.05) is 0 Å². The standard InChI is InChI=1S/C6H12N4O2/c1-4(2-3-5(11)12)9-10-6(7)8/h2-3H2,1H3,(H,11,12)(H4,7,8,10)/b9-4+. The SMILES string of the molecule is C/C(CCC(=O)O)=N\N=C(N)N. The van der Waals surface area contributed by atoms with E-state index in [1.54, 1.807) is 6.92 Å². The lowest BCUT2D eigenvalue weighted by Gasteiger charge is -1.93. The number of hydrogen-bond acceptors (Lipinski definition) is 3. The number of hydrogen-bond donors (Lipinski definition) is 3. The Labute approximate surface area is 70.0 Å². The van der Waals surface area contributed by atoms with Crippen molar-refractivity contribution in [1.29, 1.82) is 0 Å². The molecular formula is C6H12N4O2. The largest absolute Gasteiger partial charge is 0.481 e. The minimum Gasteiger partial charge on any atom is -0.481 e. The zero-order valence-corrected chi connectivity index (χ0v) is 6.82. The van der Waals surface area contributed by atoms with E-state index < -0.39 is 5.97 Å². The third-order valence-corrected chi connectivity index (χ3v) is 1.04. The lowest BCUT2D eigenvalue weighted by molar-refractivity contribution is -0.136. The van der Waals surface area contributed by atoms with Crippen molar-refractivity contribution in [3.8, 4) is 0 Å². The second-order valence-corrected chi connectivity index (χ2v) is 2.25. The number of carboxylic acids is 1. The van der Waals surface area contributed by atoms with Crippen molar-refractivity contribution in [3.05, 3.63) is 0 Å². The second kappa shape index (κ2) is 5.11. The Morgan fingerprint density at radius 2 is 1.92 bits per heavy atom. The maximum atomic E-state index is 10.1. The van der Waals surface area contributed by atoms with E-state index in [0.717, 1.165) is 0 Å². The van der Waals surface area contributed by atoms with Gasteiger partial charge < -0.3 is 16.6 Å². The van der Waals surface area contributed by atoms with E-state index in [-0.39, 0.29) is 12.4 Å². The van der Waals surface area contributed by atoms with Gasteiger partial charge in [-0.2, -0.15) is 5.10 Å². The van der Waals surface area contributed by atoms with Crippen LogP contribution in [0.2, 0.25) is 0 Å². The van der Waals surface area contributed by atoms with Crippen LogP contribution in [-0.2, 0) is 4.79 Å². The average molecular weight is 172 g/mol. The molecule has 0 amide bonds. The minimum atomic E-state index is -0.866. The summed E-state index contributed by atoms with van der Waals surface area (Å²) in [6, 6.07) is 0. The average Bonchev–Trinajstić information content (AvgIpc) is 1.96. The Bertz CT molecular complexity index is 218. The number of nitrogens with zero attached hydrogens (tertiary/aromatic N) is 2. The van der Waals surface area contributed by atoms with Crippen molar-refractivity contribution >= 4 is 17.6 Å². The van der Waals surface area contributed by atoms with Crippen LogP contribution in [-0.4, -0.2) is 22.7 Å². The highest BCUT2D eigenvalue weighted by Gasteiger charge is 1.97. The molecule has 6 heteroatoms. The topological polar surface area (TPSA) is 114 Å². The number of aliphatic carboxylic acids is 1. The van der Waals surface area contributed by atoms with Gasteiger partial charge in [-0.05, 0) is 13.3 Å². The number of carbonyl (C=O) groups is 1. The van der Waals surface area contributed by atoms with E-state index in [9.17, 15) is 4.79 Å². The lowest BCUT2D eigenvalue weighted by atomic mass is 10.2. The molecule has 0 aromatic heterocycles. The highest BCUT2D eigenvalue weighted by atomic mass is 16.4. The predicted octanol–water partition coefficient (Wildman–Crippen LogP) is -0.499. The molecule has 0 heterocycles. The molecule has 0 aromatic carbocycles. The second-order valence-electron chi connectivity index (χ2n) is 2.25. The van der Waals surface area contributed by atoms with E-state index in [2.05, 4.69) is 10.2 Å². The zero-order valence-electron chi connectivity index (χ0n) is 6.82. The molecule has 5 N–H and O–H groups in total. The maximum absolute atomic E-state index is 10.1. The van der Waals surface area contributed by atoms with Crippen molar-refractivity contribution in [1.82, 2.24) is 0 Å². The van der Waals surface area contributed by atoms with Gasteiger partial charge in [0.2, 0.25) is 5.96 Å². The van der Waals surface area contributed by atoms with Crippen LogP contribution < -0.4 is 11.5 Å². The zero-order chi connectivity index (χ0) is 9.56. The van der Waals surface area contributed by atoms with Crippen molar-refractivity contribution in [3.63, 3.8) is 0 Å². The highest BCUT2D eigenvalue weighted by molar-refractivity contribution is 5.86. The molecule has 0 radical (unpaired) electrons. The normalized spacial score (nSPS) is 10.9. The first kappa shape index (κ1) is 10.4. The van der Waals surface area contributed by atoms with E-state index in [1.165, 1.54) is 0 Å². The molecular weight excluding hydrogens is 160 g/mol. The Morgan fingerprint density at radius 3 is 2.33 bits per heavy atom. The number of carboxylic acid groups (broad SMARTS) is 1. The highest BCUT2D eigenvalue weighted by Crippen LogP contribution is 1.92. The molecule has 0 aliphatic heterocycles. The number of nitrogens with two attached hydrogens (primary N) is 2. The summed E-state index contributed by atoms with van der Waals surface area (Å²) < 4.78 is 0. The predicted molar refractivity (Wildman–Crippen MR) is 45.8 cm³/mol. The summed E-state index contributed by atoms with van der Waals surface area (Å²) >= 11 is 0. The lowest BCUT2D eigenvalue weighted by Crippen LogP contribution is -2.22. The third kappa shape index (κ3) is 6.53. The number of guanidine groups is 1. The van der Waals surface area contributed by atoms with Gasteiger partial charge in [0.1, 0.15) is 0 Å². The quantitative estimate of drug-likeness (QED) is 0.301. The summed E-state index contributed by atoms with van der Waals surface area (Å²) in [5.41, 5.74) is 10.6. The summed E-state index contributed by atoms with van der Waals surface area (Å²) in [5, 5.41) is 15.3. The van der Waals surface area contributed by atoms with Gasteiger partial charge in [-0.15, -0.1) is 5.10 Å². The Hall–Kier alpha value is -1.59. The first-order valence-corrected chi connectivity index (χ1v) is 3.36. The molecule has 0 bridgehead atoms. The molecule has 0 aromatic rings. The Kier molecular flexibility index (Phi) is 4.43. The summed E-state index contributed by atoms with van der Waals surface area (Å²) in [5.74, 6) is -1.00. The molecule has 6 nitrogen and oxygen atoms in total. The monoisotopic (exact) mass is 172 g/mol. The van der Waals surface area contributed by atoms with Gasteiger partial charge in [-0.3, -0.25) is 4.79 Å². The molecule has 0 saturated carbocycles. The molecule has 0 atom stereocenters. The van der Waals surface area contributed by atoms with Crippen molar-refractivity contribution in [2.45, 2.75) is 19.8 Å². The van der Waals surface area contributed by atoms with Crippen LogP contribution in [0.25, 0.3) is 0 Å². The van der Waals surface area contributed by atoms with Crippen LogP contribution in [0, 0.1) is 0 Å². The van der Waals surface area contributed by atoms with Gasteiger partial charge in [-0.25, -0.2) is 0 Å². The van der Waals surface area contributed by atoms with Crippen LogP contribution in [0.1, 0.15) is 19.8 Å². The van der Waals surface area contributed by atoms with Gasteiger partial charge in [0.25, 0.3) is 0 Å². The number of rotatable bonds is 4. The molecule has 0 spiro atoms. The summed E-state index contributed by atoms with van der Waals surface area (Å²) in [7, 11) is 0. The third-order valence-electron chi connectivity index (χ3n) is 1.04. The summed E-state index contributed by atoms with van der Waals surface area (Å²) in [6.07, 6.45) is 0.390. The molecule has 0 fully saturated rings. The first-order valence-electron chi connectivity index (χ1n) is 3.36. The van der Waals surface area contributed by atoms with Crippen molar-refractivity contribution < 1.29 is 9.90 Å². The minimum absolute atomic E-state index is 0.0370. The summed E-state index contributed by atoms with van der Waals surface area (Å²) in [6.45, 7) is 1.66. The van der Waals surface area contributed by atoms with E-state index in [1.807, 2.05) is 0 Å². The molecule has 68 valence electrons. The van der Waals surface area contributed by atoms with E-state index in [0.29, 0.717) is 12.1 Å². The summed E-state index contributed by atoms with van der Waals surface area (Å²) in [4.78, 5) is 10.1. The van der Waals surface area contributed by atoms with E-state index >= 15 is 0 Å². The van der Waals surface area contributed by atoms with Crippen LogP contribution >= 0.6 is 0 Å². The van der Waals surface area contributed by atoms with Crippen molar-refractivity contribution in [2.24, 2.45) is 21.7 Å². The first-order chi connectivity index (χ1) is 5.52. The fourth-order valence-corrected chi connectivity index (χ4v) is 0.481. The maximum Gasteiger partial charge on any atom is 0.303 e. The van der Waals surface area contributed by atoms with Crippen molar-refractivity contribution in [2.75, 3.05) is 0 Å². The van der Waals surface area contributed by atoms with Crippen LogP contribution in [0.15, 0.2) is 10.2 Å². The molecule has 0 unspecified atom stereocenters. The molecule has 12 heavy (non-hydrogen) atoms. The Morgan fingerprint density at radius 1 is 1.33 bits per heavy atom. The Balaban J connectivity index is 3.86.